The zero-order valence-corrected chi connectivity index (χ0v) is 24.3. The first-order chi connectivity index (χ1) is 20.7. The number of hydrogen-bond acceptors (Lipinski definition) is 5. The summed E-state index contributed by atoms with van der Waals surface area (Å²) in [6.07, 6.45) is 1.94. The number of urea groups is 1. The lowest BCUT2D eigenvalue weighted by atomic mass is 10.1. The number of ether oxygens (including phenoxy) is 1. The van der Waals surface area contributed by atoms with E-state index in [2.05, 4.69) is 56.0 Å². The van der Waals surface area contributed by atoms with Crippen LogP contribution in [0.5, 0.6) is 5.75 Å². The van der Waals surface area contributed by atoms with E-state index in [1.165, 1.54) is 40.8 Å². The smallest absolute Gasteiger partial charge is 0.406 e. The maximum atomic E-state index is 12.7. The fraction of sp³-hybridized carbons (Fsp3) is 0.226. The molecule has 1 fully saturated rings. The molecule has 1 aliphatic heterocycles. The van der Waals surface area contributed by atoms with Gasteiger partial charge in [0, 0.05) is 29.2 Å². The predicted octanol–water partition coefficient (Wildman–Crippen LogP) is 7.46. The Morgan fingerprint density at radius 1 is 1.12 bits per heavy atom. The number of aromatic nitrogens is 3. The number of para-hydroxylation sites is 1. The van der Waals surface area contributed by atoms with Crippen LogP contribution in [0.15, 0.2) is 90.3 Å². The highest BCUT2D eigenvalue weighted by Crippen LogP contribution is 2.32. The van der Waals surface area contributed by atoms with Crippen molar-refractivity contribution in [1.82, 2.24) is 20.1 Å². The fourth-order valence-corrected chi connectivity index (χ4v) is 5.78. The molecule has 1 saturated heterocycles. The van der Waals surface area contributed by atoms with Crippen molar-refractivity contribution in [3.05, 3.63) is 96.5 Å². The van der Waals surface area contributed by atoms with Crippen molar-refractivity contribution in [1.29, 1.82) is 0 Å². The van der Waals surface area contributed by atoms with Gasteiger partial charge >= 0.3 is 12.4 Å². The number of alkyl halides is 3. The molecule has 43 heavy (non-hydrogen) atoms. The van der Waals surface area contributed by atoms with Gasteiger partial charge in [-0.15, -0.1) is 18.3 Å². The summed E-state index contributed by atoms with van der Waals surface area (Å²) in [6.45, 7) is 4.27. The Morgan fingerprint density at radius 3 is 2.58 bits per heavy atom. The number of hydrogen-bond donors (Lipinski definition) is 1. The summed E-state index contributed by atoms with van der Waals surface area (Å²) in [4.78, 5) is 23.6. The number of nitrogens with one attached hydrogen (secondary N) is 1. The Hall–Kier alpha value is -4.58. The van der Waals surface area contributed by atoms with Crippen LogP contribution < -0.4 is 15.0 Å². The molecule has 1 aromatic heterocycles. The SMILES string of the molecule is CCc1ccccc1N1C(=NC(=O)N/C=C/c2ccc(-c3ncn(-c4ccc(OC(F)(F)F)cc4)n3)cc2)SCCC1C. The Labute approximate surface area is 251 Å². The van der Waals surface area contributed by atoms with Gasteiger partial charge in [-0.2, -0.15) is 4.99 Å². The molecule has 0 radical (unpaired) electrons. The van der Waals surface area contributed by atoms with Crippen molar-refractivity contribution in [2.45, 2.75) is 39.1 Å². The van der Waals surface area contributed by atoms with Crippen molar-refractivity contribution in [2.75, 3.05) is 10.7 Å². The minimum absolute atomic E-state index is 0.230. The molecule has 0 spiro atoms. The van der Waals surface area contributed by atoms with Crippen molar-refractivity contribution in [3.63, 3.8) is 0 Å². The van der Waals surface area contributed by atoms with Crippen LogP contribution in [-0.4, -0.2) is 44.1 Å². The second-order valence-corrected chi connectivity index (χ2v) is 10.8. The van der Waals surface area contributed by atoms with E-state index in [0.29, 0.717) is 16.7 Å². The zero-order chi connectivity index (χ0) is 30.4. The van der Waals surface area contributed by atoms with Crippen LogP contribution in [0.2, 0.25) is 0 Å². The van der Waals surface area contributed by atoms with Crippen LogP contribution in [0.25, 0.3) is 23.2 Å². The van der Waals surface area contributed by atoms with Crippen LogP contribution >= 0.6 is 11.8 Å². The van der Waals surface area contributed by atoms with Crippen molar-refractivity contribution < 1.29 is 22.7 Å². The standard InChI is InChI=1S/C31H29F3N6O2S/c1-3-23-6-4-5-7-27(23)40-21(2)17-19-43-30(40)37-29(41)35-18-16-22-8-10-24(11-9-22)28-36-20-39(38-28)25-12-14-26(15-13-25)42-31(32,33)34/h4-16,18,20-21H,3,17,19H2,1-2H3,(H,35,41)/b18-16+,37-30?. The van der Waals surface area contributed by atoms with E-state index in [4.69, 9.17) is 0 Å². The molecular weight excluding hydrogens is 577 g/mol. The topological polar surface area (TPSA) is 84.6 Å². The van der Waals surface area contributed by atoms with Crippen molar-refractivity contribution in [2.24, 2.45) is 4.99 Å². The third-order valence-electron chi connectivity index (χ3n) is 6.72. The molecule has 3 aromatic carbocycles. The predicted molar refractivity (Wildman–Crippen MR) is 163 cm³/mol. The van der Waals surface area contributed by atoms with Crippen LogP contribution in [0.1, 0.15) is 31.4 Å². The van der Waals surface area contributed by atoms with Gasteiger partial charge in [-0.1, -0.05) is 61.2 Å². The van der Waals surface area contributed by atoms with Gasteiger partial charge in [-0.05, 0) is 67.3 Å². The number of carbonyl (C=O) groups is 1. The number of nitrogens with zero attached hydrogens (tertiary/aromatic N) is 5. The minimum atomic E-state index is -4.75. The van der Waals surface area contributed by atoms with E-state index >= 15 is 0 Å². The monoisotopic (exact) mass is 606 g/mol. The largest absolute Gasteiger partial charge is 0.573 e. The molecule has 1 aliphatic rings. The second-order valence-electron chi connectivity index (χ2n) is 9.69. The third kappa shape index (κ3) is 7.63. The number of thioether (sulfide) groups is 1. The Morgan fingerprint density at radius 2 is 1.86 bits per heavy atom. The van der Waals surface area contributed by atoms with Gasteiger partial charge in [-0.25, -0.2) is 14.5 Å². The molecule has 5 rings (SSSR count). The van der Waals surface area contributed by atoms with Crippen LogP contribution in [0.4, 0.5) is 23.7 Å². The van der Waals surface area contributed by atoms with Crippen LogP contribution in [-0.2, 0) is 6.42 Å². The summed E-state index contributed by atoms with van der Waals surface area (Å²) in [5, 5.41) is 7.84. The Bertz CT molecular complexity index is 1620. The van der Waals surface area contributed by atoms with Gasteiger partial charge in [0.25, 0.3) is 0 Å². The Kier molecular flexibility index (Phi) is 9.15. The van der Waals surface area contributed by atoms with Crippen LogP contribution in [0, 0.1) is 0 Å². The van der Waals surface area contributed by atoms with Gasteiger partial charge < -0.3 is 15.0 Å². The molecule has 0 saturated carbocycles. The molecule has 222 valence electrons. The summed E-state index contributed by atoms with van der Waals surface area (Å²) < 4.78 is 42.6. The van der Waals surface area contributed by atoms with E-state index < -0.39 is 12.4 Å². The highest BCUT2D eigenvalue weighted by atomic mass is 32.2. The van der Waals surface area contributed by atoms with E-state index in [0.717, 1.165) is 35.4 Å². The summed E-state index contributed by atoms with van der Waals surface area (Å²) >= 11 is 1.58. The molecule has 1 N–H and O–H groups in total. The summed E-state index contributed by atoms with van der Waals surface area (Å²) in [6, 6.07) is 20.7. The first-order valence-electron chi connectivity index (χ1n) is 13.6. The molecule has 8 nitrogen and oxygen atoms in total. The number of aryl methyl sites for hydroxylation is 1. The number of rotatable bonds is 7. The molecule has 12 heteroatoms. The molecule has 0 aliphatic carbocycles. The van der Waals surface area contributed by atoms with E-state index in [1.54, 1.807) is 24.0 Å². The van der Waals surface area contributed by atoms with Crippen LogP contribution in [0.3, 0.4) is 0 Å². The average Bonchev–Trinajstić information content (AvgIpc) is 3.48. The molecule has 2 heterocycles. The molecule has 1 atom stereocenters. The third-order valence-corrected chi connectivity index (χ3v) is 7.71. The highest BCUT2D eigenvalue weighted by molar-refractivity contribution is 8.14. The molecular formula is C31H29F3N6O2S. The van der Waals surface area contributed by atoms with Gasteiger partial charge in [0.2, 0.25) is 0 Å². The lowest BCUT2D eigenvalue weighted by Crippen LogP contribution is -2.42. The number of halogens is 3. The number of amidine groups is 1. The molecule has 1 unspecified atom stereocenters. The normalized spacial score (nSPS) is 16.5. The minimum Gasteiger partial charge on any atom is -0.406 e. The van der Waals surface area contributed by atoms with Gasteiger partial charge in [0.15, 0.2) is 11.0 Å². The Balaban J connectivity index is 1.21. The first-order valence-corrected chi connectivity index (χ1v) is 14.6. The number of carbonyl (C=O) groups excluding carboxylic acids is 1. The van der Waals surface area contributed by atoms with Gasteiger partial charge in [0.1, 0.15) is 12.1 Å². The van der Waals surface area contributed by atoms with Gasteiger partial charge in [-0.3, -0.25) is 0 Å². The first kappa shape index (κ1) is 29.9. The zero-order valence-electron chi connectivity index (χ0n) is 23.5. The number of amides is 2. The molecule has 0 bridgehead atoms. The van der Waals surface area contributed by atoms with E-state index in [9.17, 15) is 18.0 Å². The maximum Gasteiger partial charge on any atom is 0.573 e. The summed E-state index contributed by atoms with van der Waals surface area (Å²) in [5.41, 5.74) is 4.42. The number of anilines is 1. The number of aliphatic imine (C=N–C) groups is 1. The lowest BCUT2D eigenvalue weighted by molar-refractivity contribution is -0.274. The van der Waals surface area contributed by atoms with E-state index in [-0.39, 0.29) is 11.8 Å². The van der Waals surface area contributed by atoms with Crippen molar-refractivity contribution in [3.8, 4) is 22.8 Å². The quantitative estimate of drug-likeness (QED) is 0.235. The molecule has 2 amide bonds. The summed E-state index contributed by atoms with van der Waals surface area (Å²) in [5.74, 6) is 1.03. The van der Waals surface area contributed by atoms with Gasteiger partial charge in [0.05, 0.1) is 5.69 Å². The molecule has 4 aromatic rings. The average molecular weight is 607 g/mol. The summed E-state index contributed by atoms with van der Waals surface area (Å²) in [7, 11) is 0. The van der Waals surface area contributed by atoms with Crippen molar-refractivity contribution >= 4 is 34.7 Å². The van der Waals surface area contributed by atoms with E-state index in [1.807, 2.05) is 36.4 Å². The second kappa shape index (κ2) is 13.2. The number of benzene rings is 3. The fourth-order valence-electron chi connectivity index (χ4n) is 4.57. The highest BCUT2D eigenvalue weighted by Gasteiger charge is 2.31. The lowest BCUT2D eigenvalue weighted by Gasteiger charge is -2.36. The maximum absolute atomic E-state index is 12.7.